The first kappa shape index (κ1) is 22.6. The fourth-order valence-corrected chi connectivity index (χ4v) is 10.1. The van der Waals surface area contributed by atoms with E-state index in [-0.39, 0.29) is 17.8 Å². The smallest absolute Gasteiger partial charge is 0.338 e. The van der Waals surface area contributed by atoms with Gasteiger partial charge in [0.1, 0.15) is 6.10 Å². The summed E-state index contributed by atoms with van der Waals surface area (Å²) in [5, 5.41) is 2.85. The summed E-state index contributed by atoms with van der Waals surface area (Å²) >= 11 is 0. The van der Waals surface area contributed by atoms with Gasteiger partial charge in [-0.05, 0) is 28.8 Å². The summed E-state index contributed by atoms with van der Waals surface area (Å²) < 4.78 is 12.6. The van der Waals surface area contributed by atoms with Crippen LogP contribution in [-0.4, -0.2) is 39.4 Å². The van der Waals surface area contributed by atoms with Gasteiger partial charge in [0.15, 0.2) is 0 Å². The summed E-state index contributed by atoms with van der Waals surface area (Å²) in [6, 6.07) is 8.99. The van der Waals surface area contributed by atoms with Crippen LogP contribution >= 0.6 is 0 Å². The molecule has 1 saturated heterocycles. The van der Waals surface area contributed by atoms with Crippen LogP contribution in [0, 0.1) is 5.92 Å². The number of benzene rings is 1. The zero-order chi connectivity index (χ0) is 20.9. The maximum atomic E-state index is 12.6. The van der Waals surface area contributed by atoms with Crippen molar-refractivity contribution < 1.29 is 18.8 Å². The molecule has 1 aliphatic heterocycles. The summed E-state index contributed by atoms with van der Waals surface area (Å²) in [7, 11) is -2.09. The average Bonchev–Trinajstić information content (AvgIpc) is 3.07. The van der Waals surface area contributed by atoms with Gasteiger partial charge in [0.25, 0.3) is 0 Å². The molecule has 2 atom stereocenters. The van der Waals surface area contributed by atoms with Crippen LogP contribution in [0.2, 0.25) is 16.6 Å². The number of amides is 1. The zero-order valence-corrected chi connectivity index (χ0v) is 19.0. The second-order valence-corrected chi connectivity index (χ2v) is 14.2. The average molecular weight is 406 g/mol. The molecule has 0 bridgehead atoms. The second kappa shape index (κ2) is 9.70. The number of hydrogen-bond acceptors (Lipinski definition) is 4. The normalized spacial score (nSPS) is 18.6. The molecule has 6 heteroatoms. The van der Waals surface area contributed by atoms with Crippen molar-refractivity contribution in [1.29, 1.82) is 0 Å². The summed E-state index contributed by atoms with van der Waals surface area (Å²) in [4.78, 5) is 24.4. The lowest BCUT2D eigenvalue weighted by Crippen LogP contribution is -2.50. The standard InChI is InChI=1S/C22H35NO4Si/c1-15(2)28(16(3)4,17(5)6)26-14-20(19-12-21(24)23-13-19)27-22(25)18-10-8-7-9-11-18/h7-11,15-17,19-20H,12-14H2,1-6H3,(H,23,24). The Kier molecular flexibility index (Phi) is 7.84. The van der Waals surface area contributed by atoms with Gasteiger partial charge in [-0.25, -0.2) is 4.79 Å². The Hall–Kier alpha value is -1.66. The van der Waals surface area contributed by atoms with Crippen molar-refractivity contribution in [1.82, 2.24) is 5.32 Å². The van der Waals surface area contributed by atoms with Crippen LogP contribution in [0.1, 0.15) is 58.3 Å². The van der Waals surface area contributed by atoms with Crippen LogP contribution in [0.4, 0.5) is 0 Å². The van der Waals surface area contributed by atoms with Crippen LogP contribution in [0.5, 0.6) is 0 Å². The van der Waals surface area contributed by atoms with E-state index in [0.717, 1.165) is 0 Å². The number of hydrogen-bond donors (Lipinski definition) is 1. The minimum absolute atomic E-state index is 0.00541. The predicted molar refractivity (Wildman–Crippen MR) is 114 cm³/mol. The molecule has 0 saturated carbocycles. The molecule has 1 N–H and O–H groups in total. The van der Waals surface area contributed by atoms with Gasteiger partial charge in [0.2, 0.25) is 14.2 Å². The van der Waals surface area contributed by atoms with E-state index >= 15 is 0 Å². The minimum Gasteiger partial charge on any atom is -0.456 e. The van der Waals surface area contributed by atoms with Crippen LogP contribution in [0.15, 0.2) is 30.3 Å². The first-order valence-corrected chi connectivity index (χ1v) is 12.5. The highest BCUT2D eigenvalue weighted by molar-refractivity contribution is 6.77. The number of rotatable bonds is 9. The van der Waals surface area contributed by atoms with Gasteiger partial charge in [-0.15, -0.1) is 0 Å². The number of esters is 1. The quantitative estimate of drug-likeness (QED) is 0.484. The molecule has 1 amide bonds. The fourth-order valence-electron chi connectivity index (χ4n) is 4.66. The van der Waals surface area contributed by atoms with E-state index in [0.29, 0.717) is 41.8 Å². The molecule has 1 heterocycles. The topological polar surface area (TPSA) is 64.6 Å². The molecule has 1 aliphatic rings. The van der Waals surface area contributed by atoms with Crippen molar-refractivity contribution >= 4 is 20.2 Å². The van der Waals surface area contributed by atoms with Crippen LogP contribution in [0.3, 0.4) is 0 Å². The molecule has 0 aliphatic carbocycles. The van der Waals surface area contributed by atoms with Crippen molar-refractivity contribution in [3.05, 3.63) is 35.9 Å². The Morgan fingerprint density at radius 1 is 1.07 bits per heavy atom. The van der Waals surface area contributed by atoms with Crippen LogP contribution < -0.4 is 5.32 Å². The molecule has 2 unspecified atom stereocenters. The Labute approximate surface area is 170 Å². The number of nitrogens with one attached hydrogen (secondary N) is 1. The molecule has 0 spiro atoms. The lowest BCUT2D eigenvalue weighted by atomic mass is 10.0. The molecule has 0 radical (unpaired) electrons. The van der Waals surface area contributed by atoms with Gasteiger partial charge >= 0.3 is 5.97 Å². The van der Waals surface area contributed by atoms with Crippen LogP contribution in [-0.2, 0) is 14.0 Å². The van der Waals surface area contributed by atoms with E-state index < -0.39 is 14.4 Å². The summed E-state index contributed by atoms with van der Waals surface area (Å²) in [5.41, 5.74) is 1.86. The highest BCUT2D eigenvalue weighted by Crippen LogP contribution is 2.42. The number of carbonyl (C=O) groups is 2. The molecule has 1 aromatic rings. The summed E-state index contributed by atoms with van der Waals surface area (Å²) in [6.07, 6.45) is -0.0647. The largest absolute Gasteiger partial charge is 0.456 e. The Morgan fingerprint density at radius 2 is 1.64 bits per heavy atom. The maximum absolute atomic E-state index is 12.6. The van der Waals surface area contributed by atoms with Gasteiger partial charge < -0.3 is 14.5 Å². The van der Waals surface area contributed by atoms with Crippen LogP contribution in [0.25, 0.3) is 0 Å². The maximum Gasteiger partial charge on any atom is 0.338 e. The molecule has 0 aromatic heterocycles. The van der Waals surface area contributed by atoms with Crippen molar-refractivity contribution in [2.75, 3.05) is 13.2 Å². The molecule has 1 aromatic carbocycles. The molecule has 2 rings (SSSR count). The van der Waals surface area contributed by atoms with Crippen molar-refractivity contribution in [3.63, 3.8) is 0 Å². The first-order chi connectivity index (χ1) is 13.2. The molecule has 28 heavy (non-hydrogen) atoms. The third kappa shape index (κ3) is 5.03. The lowest BCUT2D eigenvalue weighted by Gasteiger charge is -2.43. The molecule has 5 nitrogen and oxygen atoms in total. The van der Waals surface area contributed by atoms with E-state index in [4.69, 9.17) is 9.16 Å². The molecular weight excluding hydrogens is 370 g/mol. The highest BCUT2D eigenvalue weighted by Gasteiger charge is 2.46. The summed E-state index contributed by atoms with van der Waals surface area (Å²) in [6.45, 7) is 14.3. The zero-order valence-electron chi connectivity index (χ0n) is 18.0. The number of carbonyl (C=O) groups excluding carboxylic acids is 2. The van der Waals surface area contributed by atoms with Gasteiger partial charge in [-0.2, -0.15) is 0 Å². The summed E-state index contributed by atoms with van der Waals surface area (Å²) in [5.74, 6) is -0.413. The Morgan fingerprint density at radius 3 is 2.11 bits per heavy atom. The van der Waals surface area contributed by atoms with E-state index in [1.165, 1.54) is 0 Å². The van der Waals surface area contributed by atoms with Crippen molar-refractivity contribution in [2.24, 2.45) is 5.92 Å². The van der Waals surface area contributed by atoms with E-state index in [1.807, 2.05) is 18.2 Å². The van der Waals surface area contributed by atoms with E-state index in [9.17, 15) is 9.59 Å². The minimum atomic E-state index is -2.09. The third-order valence-corrected chi connectivity index (χ3v) is 12.1. The van der Waals surface area contributed by atoms with Gasteiger partial charge in [0, 0.05) is 18.9 Å². The van der Waals surface area contributed by atoms with E-state index in [1.54, 1.807) is 12.1 Å². The second-order valence-electron chi connectivity index (χ2n) is 8.71. The molecular formula is C22H35NO4Si. The monoisotopic (exact) mass is 405 g/mol. The SMILES string of the molecule is CC(C)[Si](OCC(OC(=O)c1ccccc1)C1CNC(=O)C1)(C(C)C)C(C)C. The fraction of sp³-hybridized carbons (Fsp3) is 0.636. The van der Waals surface area contributed by atoms with E-state index in [2.05, 4.69) is 46.9 Å². The van der Waals surface area contributed by atoms with Crippen molar-refractivity contribution in [2.45, 2.75) is 70.7 Å². The number of ether oxygens (including phenoxy) is 1. The highest BCUT2D eigenvalue weighted by atomic mass is 28.4. The first-order valence-electron chi connectivity index (χ1n) is 10.3. The Balaban J connectivity index is 2.19. The molecule has 1 fully saturated rings. The Bertz CT molecular complexity index is 638. The third-order valence-electron chi connectivity index (χ3n) is 6.01. The van der Waals surface area contributed by atoms with Gasteiger partial charge in [-0.3, -0.25) is 4.79 Å². The lowest BCUT2D eigenvalue weighted by molar-refractivity contribution is -0.119. The van der Waals surface area contributed by atoms with Gasteiger partial charge in [-0.1, -0.05) is 59.7 Å². The van der Waals surface area contributed by atoms with Crippen molar-refractivity contribution in [3.8, 4) is 0 Å². The van der Waals surface area contributed by atoms with Gasteiger partial charge in [0.05, 0.1) is 12.2 Å². The predicted octanol–water partition coefficient (Wildman–Crippen LogP) is 4.54. The molecule has 156 valence electrons.